The largest absolute Gasteiger partial charge is 0.281 e. The Morgan fingerprint density at radius 2 is 2.19 bits per heavy atom. The number of allylic oxidation sites excluding steroid dienone is 1. The van der Waals surface area contributed by atoms with Crippen molar-refractivity contribution >= 4 is 35.2 Å². The average Bonchev–Trinajstić information content (AvgIpc) is 3.01. The number of carbonyl (C=O) groups is 1. The van der Waals surface area contributed by atoms with Gasteiger partial charge in [0.2, 0.25) is 0 Å². The number of carbonyl (C=O) groups excluding carboxylic acids is 1. The number of non-ortho nitro benzene ring substituents is 1. The molecule has 1 N–H and O–H groups in total. The molecule has 0 bridgehead atoms. The first-order valence-corrected chi connectivity index (χ1v) is 6.83. The van der Waals surface area contributed by atoms with Crippen molar-refractivity contribution in [3.8, 4) is 0 Å². The first-order chi connectivity index (χ1) is 10.2. The lowest BCUT2D eigenvalue weighted by atomic mass is 10.2. The Labute approximate surface area is 124 Å². The van der Waals surface area contributed by atoms with Crippen LogP contribution in [-0.2, 0) is 0 Å². The number of nitrogens with zero attached hydrogens (tertiary/aromatic N) is 2. The van der Waals surface area contributed by atoms with Gasteiger partial charge < -0.3 is 0 Å². The Balaban J connectivity index is 1.90. The molecule has 0 atom stereocenters. The van der Waals surface area contributed by atoms with Crippen molar-refractivity contribution in [2.45, 2.75) is 0 Å². The van der Waals surface area contributed by atoms with Gasteiger partial charge in [0.05, 0.1) is 9.80 Å². The van der Waals surface area contributed by atoms with Gasteiger partial charge in [0.15, 0.2) is 0 Å². The molecule has 1 aromatic carbocycles. The van der Waals surface area contributed by atoms with Gasteiger partial charge >= 0.3 is 0 Å². The number of hydrogen-bond acceptors (Lipinski definition) is 5. The second kappa shape index (κ2) is 7.11. The molecule has 0 fully saturated rings. The fraction of sp³-hybridized carbons (Fsp3) is 0. The quantitative estimate of drug-likeness (QED) is 0.523. The van der Waals surface area contributed by atoms with Crippen LogP contribution in [0.4, 0.5) is 5.69 Å². The maximum Gasteiger partial charge on any atom is 0.281 e. The van der Waals surface area contributed by atoms with Gasteiger partial charge in [-0.05, 0) is 23.1 Å². The van der Waals surface area contributed by atoms with Gasteiger partial charge in [0.1, 0.15) is 0 Å². The summed E-state index contributed by atoms with van der Waals surface area (Å²) in [6.45, 7) is 0. The highest BCUT2D eigenvalue weighted by molar-refractivity contribution is 7.12. The first kappa shape index (κ1) is 14.6. The number of benzene rings is 1. The number of nitro benzene ring substituents is 1. The third-order valence-electron chi connectivity index (χ3n) is 2.44. The number of hydrazone groups is 1. The molecule has 0 saturated carbocycles. The zero-order valence-corrected chi connectivity index (χ0v) is 11.6. The highest BCUT2D eigenvalue weighted by atomic mass is 32.1. The van der Waals surface area contributed by atoms with Gasteiger partial charge in [-0.3, -0.25) is 14.9 Å². The third kappa shape index (κ3) is 4.36. The Hall–Kier alpha value is -2.80. The molecule has 7 heteroatoms. The molecule has 2 aromatic rings. The maximum absolute atomic E-state index is 11.5. The van der Waals surface area contributed by atoms with Crippen LogP contribution in [0.5, 0.6) is 0 Å². The smallest absolute Gasteiger partial charge is 0.266 e. The minimum atomic E-state index is -0.452. The van der Waals surface area contributed by atoms with Gasteiger partial charge in [-0.1, -0.05) is 24.3 Å². The molecule has 1 heterocycles. The van der Waals surface area contributed by atoms with E-state index in [1.165, 1.54) is 29.7 Å². The summed E-state index contributed by atoms with van der Waals surface area (Å²) in [5, 5.41) is 16.2. The molecule has 1 aromatic heterocycles. The molecule has 21 heavy (non-hydrogen) atoms. The standard InChI is InChI=1S/C14H11N3O3S/c18-14(13-7-3-9-21-13)16-15-8-2-5-11-4-1-6-12(10-11)17(19)20/h1-10H,(H,16,18)/b5-2+,15-8+. The van der Waals surface area contributed by atoms with Gasteiger partial charge in [0, 0.05) is 18.3 Å². The number of amides is 1. The molecule has 1 amide bonds. The summed E-state index contributed by atoms with van der Waals surface area (Å²) in [7, 11) is 0. The van der Waals surface area contributed by atoms with Gasteiger partial charge in [-0.25, -0.2) is 5.43 Å². The molecule has 0 unspecified atom stereocenters. The number of thiophene rings is 1. The van der Waals surface area contributed by atoms with Crippen LogP contribution in [-0.4, -0.2) is 17.0 Å². The van der Waals surface area contributed by atoms with E-state index in [0.29, 0.717) is 10.4 Å². The molecule has 106 valence electrons. The van der Waals surface area contributed by atoms with E-state index in [0.717, 1.165) is 0 Å². The zero-order valence-electron chi connectivity index (χ0n) is 10.8. The molecular formula is C14H11N3O3S. The molecule has 6 nitrogen and oxygen atoms in total. The molecule has 0 saturated heterocycles. The third-order valence-corrected chi connectivity index (χ3v) is 3.31. The fourth-order valence-corrected chi connectivity index (χ4v) is 2.11. The van der Waals surface area contributed by atoms with E-state index >= 15 is 0 Å². The summed E-state index contributed by atoms with van der Waals surface area (Å²) < 4.78 is 0. The first-order valence-electron chi connectivity index (χ1n) is 5.95. The minimum Gasteiger partial charge on any atom is -0.266 e. The molecule has 2 rings (SSSR count). The number of hydrogen-bond donors (Lipinski definition) is 1. The summed E-state index contributed by atoms with van der Waals surface area (Å²) in [6, 6.07) is 9.70. The molecular weight excluding hydrogens is 290 g/mol. The summed E-state index contributed by atoms with van der Waals surface area (Å²) in [5.74, 6) is -0.273. The number of rotatable bonds is 5. The van der Waals surface area contributed by atoms with Crippen molar-refractivity contribution in [1.82, 2.24) is 5.43 Å². The Morgan fingerprint density at radius 1 is 1.33 bits per heavy atom. The van der Waals surface area contributed by atoms with Gasteiger partial charge in [0.25, 0.3) is 11.6 Å². The second-order valence-corrected chi connectivity index (χ2v) is 4.86. The van der Waals surface area contributed by atoms with Crippen molar-refractivity contribution in [2.75, 3.05) is 0 Å². The van der Waals surface area contributed by atoms with Crippen molar-refractivity contribution < 1.29 is 9.72 Å². The summed E-state index contributed by atoms with van der Waals surface area (Å²) in [4.78, 5) is 22.3. The molecule has 0 aliphatic heterocycles. The molecule has 0 radical (unpaired) electrons. The highest BCUT2D eigenvalue weighted by Crippen LogP contribution is 2.13. The van der Waals surface area contributed by atoms with E-state index < -0.39 is 4.92 Å². The summed E-state index contributed by atoms with van der Waals surface area (Å²) in [6.07, 6.45) is 4.66. The topological polar surface area (TPSA) is 84.6 Å². The predicted molar refractivity (Wildman–Crippen MR) is 82.4 cm³/mol. The predicted octanol–water partition coefficient (Wildman–Crippen LogP) is 3.09. The van der Waals surface area contributed by atoms with Crippen LogP contribution in [0.25, 0.3) is 6.08 Å². The van der Waals surface area contributed by atoms with Crippen LogP contribution in [0.15, 0.2) is 53.0 Å². The maximum atomic E-state index is 11.5. The summed E-state index contributed by atoms with van der Waals surface area (Å²) in [5.41, 5.74) is 3.09. The lowest BCUT2D eigenvalue weighted by molar-refractivity contribution is -0.384. The van der Waals surface area contributed by atoms with Crippen LogP contribution < -0.4 is 5.43 Å². The normalized spacial score (nSPS) is 11.0. The fourth-order valence-electron chi connectivity index (χ4n) is 1.50. The van der Waals surface area contributed by atoms with E-state index in [1.54, 1.807) is 41.8 Å². The van der Waals surface area contributed by atoms with Crippen LogP contribution in [0.3, 0.4) is 0 Å². The summed E-state index contributed by atoms with van der Waals surface area (Å²) >= 11 is 1.33. The number of nitrogens with one attached hydrogen (secondary N) is 1. The van der Waals surface area contributed by atoms with Crippen molar-refractivity contribution in [1.29, 1.82) is 0 Å². The lowest BCUT2D eigenvalue weighted by Gasteiger charge is -1.94. The van der Waals surface area contributed by atoms with E-state index in [2.05, 4.69) is 10.5 Å². The zero-order chi connectivity index (χ0) is 15.1. The minimum absolute atomic E-state index is 0.0279. The van der Waals surface area contributed by atoms with Gasteiger partial charge in [-0.2, -0.15) is 5.10 Å². The lowest BCUT2D eigenvalue weighted by Crippen LogP contribution is -2.15. The highest BCUT2D eigenvalue weighted by Gasteiger charge is 2.04. The number of nitro groups is 1. The monoisotopic (exact) mass is 301 g/mol. The molecule has 0 aliphatic carbocycles. The van der Waals surface area contributed by atoms with Crippen LogP contribution in [0.2, 0.25) is 0 Å². The van der Waals surface area contributed by atoms with Crippen molar-refractivity contribution in [2.24, 2.45) is 5.10 Å². The Kier molecular flexibility index (Phi) is 4.94. The van der Waals surface area contributed by atoms with E-state index in [9.17, 15) is 14.9 Å². The van der Waals surface area contributed by atoms with E-state index in [-0.39, 0.29) is 11.6 Å². The van der Waals surface area contributed by atoms with Crippen molar-refractivity contribution in [3.63, 3.8) is 0 Å². The Morgan fingerprint density at radius 3 is 2.90 bits per heavy atom. The molecule has 0 aliphatic rings. The van der Waals surface area contributed by atoms with E-state index in [4.69, 9.17) is 0 Å². The second-order valence-electron chi connectivity index (χ2n) is 3.91. The van der Waals surface area contributed by atoms with Crippen molar-refractivity contribution in [3.05, 3.63) is 68.4 Å². The van der Waals surface area contributed by atoms with Gasteiger partial charge in [-0.15, -0.1) is 11.3 Å². The Bertz CT molecular complexity index is 693. The van der Waals surface area contributed by atoms with E-state index in [1.807, 2.05) is 0 Å². The van der Waals surface area contributed by atoms with Crippen LogP contribution in [0.1, 0.15) is 15.2 Å². The van der Waals surface area contributed by atoms with Crippen LogP contribution in [0, 0.1) is 10.1 Å². The van der Waals surface area contributed by atoms with Crippen LogP contribution >= 0.6 is 11.3 Å². The molecule has 0 spiro atoms. The SMILES string of the molecule is O=C(N/N=C/C=C/c1cccc([N+](=O)[O-])c1)c1cccs1. The average molecular weight is 301 g/mol.